The van der Waals surface area contributed by atoms with Gasteiger partial charge in [0.2, 0.25) is 0 Å². The second-order valence-corrected chi connectivity index (χ2v) is 6.32. The molecule has 0 aliphatic heterocycles. The third-order valence-corrected chi connectivity index (χ3v) is 3.64. The highest BCUT2D eigenvalue weighted by Gasteiger charge is 2.18. The zero-order valence-electron chi connectivity index (χ0n) is 15.3. The van der Waals surface area contributed by atoms with Crippen LogP contribution in [0.25, 0.3) is 0 Å². The van der Waals surface area contributed by atoms with Gasteiger partial charge in [-0.1, -0.05) is 11.6 Å². The van der Waals surface area contributed by atoms with Crippen LogP contribution < -0.4 is 14.8 Å². The van der Waals surface area contributed by atoms with Crippen LogP contribution in [0.5, 0.6) is 11.5 Å². The van der Waals surface area contributed by atoms with Gasteiger partial charge < -0.3 is 19.5 Å². The van der Waals surface area contributed by atoms with E-state index in [1.165, 1.54) is 25.3 Å². The molecular weight excluding hydrogens is 396 g/mol. The molecular formula is C19H18ClF2NO5. The van der Waals surface area contributed by atoms with Crippen molar-refractivity contribution in [1.82, 2.24) is 0 Å². The van der Waals surface area contributed by atoms with Gasteiger partial charge in [-0.3, -0.25) is 4.79 Å². The average Bonchev–Trinajstić information content (AvgIpc) is 2.63. The first-order chi connectivity index (χ1) is 13.2. The van der Waals surface area contributed by atoms with Crippen molar-refractivity contribution in [3.63, 3.8) is 0 Å². The van der Waals surface area contributed by atoms with Crippen molar-refractivity contribution < 1.29 is 32.6 Å². The second-order valence-electron chi connectivity index (χ2n) is 5.91. The number of esters is 1. The Kier molecular flexibility index (Phi) is 7.17. The number of benzene rings is 2. The Balaban J connectivity index is 2.03. The fourth-order valence-corrected chi connectivity index (χ4v) is 2.43. The first-order valence-corrected chi connectivity index (χ1v) is 8.55. The van der Waals surface area contributed by atoms with Gasteiger partial charge in [0.05, 0.1) is 23.8 Å². The van der Waals surface area contributed by atoms with E-state index < -0.39 is 30.1 Å². The number of anilines is 1. The van der Waals surface area contributed by atoms with Crippen LogP contribution in [-0.2, 0) is 9.53 Å². The van der Waals surface area contributed by atoms with Gasteiger partial charge in [-0.25, -0.2) is 13.6 Å². The fraction of sp³-hybridized carbons (Fsp3) is 0.263. The van der Waals surface area contributed by atoms with Crippen molar-refractivity contribution in [2.24, 2.45) is 0 Å². The van der Waals surface area contributed by atoms with Crippen LogP contribution in [0.3, 0.4) is 0 Å². The molecule has 0 bridgehead atoms. The second kappa shape index (κ2) is 9.36. The van der Waals surface area contributed by atoms with Gasteiger partial charge in [0.1, 0.15) is 0 Å². The van der Waals surface area contributed by atoms with Crippen molar-refractivity contribution in [2.75, 3.05) is 19.0 Å². The number of ether oxygens (including phenoxy) is 3. The van der Waals surface area contributed by atoms with Gasteiger partial charge in [0, 0.05) is 11.8 Å². The molecule has 0 radical (unpaired) electrons. The summed E-state index contributed by atoms with van der Waals surface area (Å²) in [6, 6.07) is 5.56. The monoisotopic (exact) mass is 413 g/mol. The third kappa shape index (κ3) is 5.56. The maximum absolute atomic E-state index is 13.1. The molecule has 28 heavy (non-hydrogen) atoms. The van der Waals surface area contributed by atoms with E-state index in [9.17, 15) is 18.4 Å². The van der Waals surface area contributed by atoms with Crippen molar-refractivity contribution in [3.05, 3.63) is 52.6 Å². The van der Waals surface area contributed by atoms with Crippen molar-refractivity contribution >= 4 is 29.2 Å². The van der Waals surface area contributed by atoms with Gasteiger partial charge in [0.15, 0.2) is 29.7 Å². The third-order valence-electron chi connectivity index (χ3n) is 3.36. The molecule has 9 heteroatoms. The highest BCUT2D eigenvalue weighted by molar-refractivity contribution is 6.32. The van der Waals surface area contributed by atoms with Gasteiger partial charge >= 0.3 is 5.97 Å². The lowest BCUT2D eigenvalue weighted by molar-refractivity contribution is -0.119. The summed E-state index contributed by atoms with van der Waals surface area (Å²) in [6.07, 6.45) is -0.163. The van der Waals surface area contributed by atoms with E-state index in [1.54, 1.807) is 0 Å². The Morgan fingerprint density at radius 2 is 1.86 bits per heavy atom. The smallest absolute Gasteiger partial charge is 0.338 e. The maximum Gasteiger partial charge on any atom is 0.338 e. The number of nitrogens with one attached hydrogen (secondary N) is 1. The standard InChI is InChI=1S/C19H18ClF2NO5/c1-10(2)28-18-13(20)6-11(7-16(18)26-3)19(25)27-9-17(24)23-12-4-5-14(21)15(22)8-12/h4-8,10H,9H2,1-3H3,(H,23,24). The lowest BCUT2D eigenvalue weighted by Gasteiger charge is -2.16. The molecule has 0 unspecified atom stereocenters. The molecule has 1 amide bonds. The van der Waals surface area contributed by atoms with E-state index in [4.69, 9.17) is 25.8 Å². The van der Waals surface area contributed by atoms with E-state index >= 15 is 0 Å². The number of carbonyl (C=O) groups is 2. The fourth-order valence-electron chi connectivity index (χ4n) is 2.17. The van der Waals surface area contributed by atoms with Gasteiger partial charge in [-0.2, -0.15) is 0 Å². The Morgan fingerprint density at radius 3 is 2.46 bits per heavy atom. The zero-order chi connectivity index (χ0) is 20.8. The molecule has 2 rings (SSSR count). The summed E-state index contributed by atoms with van der Waals surface area (Å²) < 4.78 is 41.7. The molecule has 0 heterocycles. The Morgan fingerprint density at radius 1 is 1.14 bits per heavy atom. The van der Waals surface area contributed by atoms with Crippen molar-refractivity contribution in [2.45, 2.75) is 20.0 Å². The number of hydrogen-bond acceptors (Lipinski definition) is 5. The topological polar surface area (TPSA) is 73.9 Å². The summed E-state index contributed by atoms with van der Waals surface area (Å²) in [5.41, 5.74) is 0.0819. The highest BCUT2D eigenvalue weighted by atomic mass is 35.5. The summed E-state index contributed by atoms with van der Waals surface area (Å²) in [5, 5.41) is 2.43. The summed E-state index contributed by atoms with van der Waals surface area (Å²) in [5.74, 6) is -3.18. The lowest BCUT2D eigenvalue weighted by Crippen LogP contribution is -2.21. The molecule has 0 saturated carbocycles. The number of carbonyl (C=O) groups excluding carboxylic acids is 2. The molecule has 0 spiro atoms. The Bertz CT molecular complexity index is 889. The predicted molar refractivity (Wildman–Crippen MR) is 99.0 cm³/mol. The molecule has 0 aliphatic rings. The first kappa shape index (κ1) is 21.4. The van der Waals surface area contributed by atoms with E-state index in [1.807, 2.05) is 13.8 Å². The zero-order valence-corrected chi connectivity index (χ0v) is 16.1. The predicted octanol–water partition coefficient (Wildman–Crippen LogP) is 4.21. The van der Waals surface area contributed by atoms with E-state index in [2.05, 4.69) is 5.32 Å². The largest absolute Gasteiger partial charge is 0.493 e. The molecule has 2 aromatic rings. The SMILES string of the molecule is COc1cc(C(=O)OCC(=O)Nc2ccc(F)c(F)c2)cc(Cl)c1OC(C)C. The number of halogens is 3. The first-order valence-electron chi connectivity index (χ1n) is 8.17. The van der Waals surface area contributed by atoms with Crippen LogP contribution in [0.2, 0.25) is 5.02 Å². The van der Waals surface area contributed by atoms with Crippen LogP contribution in [0.4, 0.5) is 14.5 Å². The average molecular weight is 414 g/mol. The van der Waals surface area contributed by atoms with E-state index in [-0.39, 0.29) is 33.9 Å². The summed E-state index contributed by atoms with van der Waals surface area (Å²) >= 11 is 6.14. The Hall–Kier alpha value is -2.87. The molecule has 0 saturated heterocycles. The van der Waals surface area contributed by atoms with Crippen LogP contribution in [0.1, 0.15) is 24.2 Å². The van der Waals surface area contributed by atoms with Gasteiger partial charge in [-0.05, 0) is 38.1 Å². The van der Waals surface area contributed by atoms with Crippen LogP contribution in [0.15, 0.2) is 30.3 Å². The summed E-state index contributed by atoms with van der Waals surface area (Å²) in [7, 11) is 1.39. The van der Waals surface area contributed by atoms with Crippen molar-refractivity contribution in [3.8, 4) is 11.5 Å². The number of methoxy groups -OCH3 is 1. The molecule has 0 aliphatic carbocycles. The van der Waals surface area contributed by atoms with Gasteiger partial charge in [-0.15, -0.1) is 0 Å². The minimum absolute atomic E-state index is 0.0276. The number of hydrogen-bond donors (Lipinski definition) is 1. The number of rotatable bonds is 7. The minimum atomic E-state index is -1.11. The van der Waals surface area contributed by atoms with Crippen LogP contribution >= 0.6 is 11.6 Å². The molecule has 150 valence electrons. The lowest BCUT2D eigenvalue weighted by atomic mass is 10.2. The minimum Gasteiger partial charge on any atom is -0.493 e. The quantitative estimate of drug-likeness (QED) is 0.688. The maximum atomic E-state index is 13.1. The van der Waals surface area contributed by atoms with E-state index in [0.717, 1.165) is 12.1 Å². The molecule has 6 nitrogen and oxygen atoms in total. The van der Waals surface area contributed by atoms with Gasteiger partial charge in [0.25, 0.3) is 5.91 Å². The molecule has 0 aromatic heterocycles. The summed E-state index contributed by atoms with van der Waals surface area (Å²) in [6.45, 7) is 2.98. The molecule has 0 atom stereocenters. The normalized spacial score (nSPS) is 10.5. The number of amides is 1. The summed E-state index contributed by atoms with van der Waals surface area (Å²) in [4.78, 5) is 24.0. The molecule has 1 N–H and O–H groups in total. The van der Waals surface area contributed by atoms with E-state index in [0.29, 0.717) is 0 Å². The van der Waals surface area contributed by atoms with Crippen LogP contribution in [0, 0.1) is 11.6 Å². The van der Waals surface area contributed by atoms with Crippen LogP contribution in [-0.4, -0.2) is 31.7 Å². The molecule has 2 aromatic carbocycles. The molecule has 0 fully saturated rings. The highest BCUT2D eigenvalue weighted by Crippen LogP contribution is 2.37. The Labute approximate surface area is 165 Å². The van der Waals surface area contributed by atoms with Crippen molar-refractivity contribution in [1.29, 1.82) is 0 Å².